The summed E-state index contributed by atoms with van der Waals surface area (Å²) < 4.78 is 5.36. The predicted molar refractivity (Wildman–Crippen MR) is 219 cm³/mol. The summed E-state index contributed by atoms with van der Waals surface area (Å²) in [6, 6.07) is 58.9. The first-order valence-electron chi connectivity index (χ1n) is 17.7. The van der Waals surface area contributed by atoms with Gasteiger partial charge in [0.15, 0.2) is 0 Å². The molecule has 0 spiro atoms. The van der Waals surface area contributed by atoms with Gasteiger partial charge in [0.05, 0.1) is 0 Å². The molecule has 2 aromatic heterocycles. The molecule has 7 aromatic carbocycles. The zero-order valence-electron chi connectivity index (χ0n) is 27.7. The van der Waals surface area contributed by atoms with Gasteiger partial charge in [-0.3, -0.25) is 0 Å². The molecule has 3 heteroatoms. The predicted octanol–water partition coefficient (Wildman–Crippen LogP) is 14.9. The molecule has 0 saturated heterocycles. The van der Waals surface area contributed by atoms with Crippen molar-refractivity contribution in [1.82, 2.24) is 0 Å². The SMILES string of the molecule is c1ccc2c(c1)sc1ccc(-c3ccc(N(c4ccc(-c5ccc6sc7ccccc7c6c5)cc4)c4ccc(C5CCCC5)cc4)cc3)cc12. The standard InChI is InChI=1S/C47H35NS2/c1-2-8-31(7-1)32-13-21-37(22-14-32)48(38-23-15-33(16-24-38)35-19-27-46-42(29-35)40-9-3-5-11-44(40)49-46)39-25-17-34(18-26-39)36-20-28-47-43(30-36)41-10-4-6-12-45(41)50-47/h3-6,9-31H,1-2,7-8H2. The Kier molecular flexibility index (Phi) is 7.29. The van der Waals surface area contributed by atoms with Crippen LogP contribution in [0.15, 0.2) is 158 Å². The highest BCUT2D eigenvalue weighted by Gasteiger charge is 2.19. The first-order valence-corrected chi connectivity index (χ1v) is 19.3. The third kappa shape index (κ3) is 5.20. The van der Waals surface area contributed by atoms with Crippen LogP contribution in [0.4, 0.5) is 17.1 Å². The van der Waals surface area contributed by atoms with Crippen molar-refractivity contribution in [3.63, 3.8) is 0 Å². The molecule has 0 bridgehead atoms. The summed E-state index contributed by atoms with van der Waals surface area (Å²) in [5, 5.41) is 5.35. The van der Waals surface area contributed by atoms with Crippen LogP contribution in [0.25, 0.3) is 62.6 Å². The summed E-state index contributed by atoms with van der Waals surface area (Å²) in [6.45, 7) is 0. The van der Waals surface area contributed by atoms with Gasteiger partial charge in [-0.15, -0.1) is 22.7 Å². The lowest BCUT2D eigenvalue weighted by molar-refractivity contribution is 0.723. The van der Waals surface area contributed by atoms with Crippen LogP contribution in [-0.2, 0) is 0 Å². The van der Waals surface area contributed by atoms with Gasteiger partial charge in [-0.2, -0.15) is 0 Å². The molecule has 240 valence electrons. The van der Waals surface area contributed by atoms with Crippen molar-refractivity contribution < 1.29 is 0 Å². The quantitative estimate of drug-likeness (QED) is 0.169. The first-order chi connectivity index (χ1) is 24.7. The van der Waals surface area contributed by atoms with Crippen molar-refractivity contribution in [1.29, 1.82) is 0 Å². The Hall–Kier alpha value is -5.22. The second-order valence-electron chi connectivity index (χ2n) is 13.6. The van der Waals surface area contributed by atoms with Crippen molar-refractivity contribution in [2.75, 3.05) is 4.90 Å². The summed E-state index contributed by atoms with van der Waals surface area (Å²) >= 11 is 3.74. The van der Waals surface area contributed by atoms with Gasteiger partial charge in [0.2, 0.25) is 0 Å². The van der Waals surface area contributed by atoms with Crippen molar-refractivity contribution in [3.8, 4) is 22.3 Å². The third-order valence-electron chi connectivity index (χ3n) is 10.6. The number of thiophene rings is 2. The molecular formula is C47H35NS2. The summed E-state index contributed by atoms with van der Waals surface area (Å²) in [6.07, 6.45) is 5.32. The van der Waals surface area contributed by atoms with E-state index in [0.29, 0.717) is 5.92 Å². The average molecular weight is 678 g/mol. The minimum atomic E-state index is 0.700. The average Bonchev–Trinajstić information content (AvgIpc) is 3.93. The lowest BCUT2D eigenvalue weighted by Crippen LogP contribution is -2.10. The first kappa shape index (κ1) is 29.7. The van der Waals surface area contributed by atoms with Crippen molar-refractivity contribution in [2.45, 2.75) is 31.6 Å². The maximum Gasteiger partial charge on any atom is 0.0462 e. The maximum atomic E-state index is 2.40. The number of hydrogen-bond donors (Lipinski definition) is 0. The zero-order chi connectivity index (χ0) is 33.0. The van der Waals surface area contributed by atoms with Crippen LogP contribution >= 0.6 is 22.7 Å². The van der Waals surface area contributed by atoms with Crippen molar-refractivity contribution in [3.05, 3.63) is 163 Å². The molecule has 1 nitrogen and oxygen atoms in total. The Labute approximate surface area is 300 Å². The van der Waals surface area contributed by atoms with Crippen LogP contribution in [0.2, 0.25) is 0 Å². The molecule has 1 fully saturated rings. The summed E-state index contributed by atoms with van der Waals surface area (Å²) in [4.78, 5) is 2.40. The highest BCUT2D eigenvalue weighted by molar-refractivity contribution is 7.26. The highest BCUT2D eigenvalue weighted by Crippen LogP contribution is 2.42. The zero-order valence-corrected chi connectivity index (χ0v) is 29.3. The maximum absolute atomic E-state index is 2.40. The van der Waals surface area contributed by atoms with Crippen LogP contribution in [0.3, 0.4) is 0 Å². The number of anilines is 3. The third-order valence-corrected chi connectivity index (χ3v) is 13.0. The van der Waals surface area contributed by atoms with E-state index in [1.54, 1.807) is 0 Å². The minimum absolute atomic E-state index is 0.700. The monoisotopic (exact) mass is 677 g/mol. The Bertz CT molecular complexity index is 2480. The summed E-state index contributed by atoms with van der Waals surface area (Å²) in [5.74, 6) is 0.700. The lowest BCUT2D eigenvalue weighted by atomic mass is 9.97. The van der Waals surface area contributed by atoms with Crippen molar-refractivity contribution >= 4 is 80.1 Å². The molecule has 9 aromatic rings. The molecule has 0 atom stereocenters. The van der Waals surface area contributed by atoms with Crippen LogP contribution < -0.4 is 4.90 Å². The molecule has 50 heavy (non-hydrogen) atoms. The fourth-order valence-electron chi connectivity index (χ4n) is 8.02. The van der Waals surface area contributed by atoms with E-state index in [-0.39, 0.29) is 0 Å². The highest BCUT2D eigenvalue weighted by atomic mass is 32.1. The number of nitrogens with zero attached hydrogens (tertiary/aromatic N) is 1. The lowest BCUT2D eigenvalue weighted by Gasteiger charge is -2.26. The Morgan fingerprint density at radius 1 is 0.380 bits per heavy atom. The second-order valence-corrected chi connectivity index (χ2v) is 15.8. The topological polar surface area (TPSA) is 3.24 Å². The normalized spacial score (nSPS) is 13.6. The fraction of sp³-hybridized carbons (Fsp3) is 0.106. The van der Waals surface area contributed by atoms with Gasteiger partial charge >= 0.3 is 0 Å². The Morgan fingerprint density at radius 2 is 0.780 bits per heavy atom. The Morgan fingerprint density at radius 3 is 1.26 bits per heavy atom. The van der Waals surface area contributed by atoms with Crippen molar-refractivity contribution in [2.24, 2.45) is 0 Å². The molecule has 10 rings (SSSR count). The molecule has 2 heterocycles. The van der Waals surface area contributed by atoms with Crippen LogP contribution in [0.1, 0.15) is 37.2 Å². The van der Waals surface area contributed by atoms with Gasteiger partial charge in [-0.25, -0.2) is 0 Å². The van der Waals surface area contributed by atoms with E-state index in [9.17, 15) is 0 Å². The Balaban J connectivity index is 1.01. The summed E-state index contributed by atoms with van der Waals surface area (Å²) in [5.41, 5.74) is 9.93. The molecule has 1 saturated carbocycles. The van der Waals surface area contributed by atoms with Crippen LogP contribution in [0.5, 0.6) is 0 Å². The van der Waals surface area contributed by atoms with E-state index < -0.39 is 0 Å². The molecule has 0 radical (unpaired) electrons. The molecule has 0 unspecified atom stereocenters. The van der Waals surface area contributed by atoms with E-state index in [2.05, 4.69) is 163 Å². The minimum Gasteiger partial charge on any atom is -0.311 e. The van der Waals surface area contributed by atoms with Crippen LogP contribution in [-0.4, -0.2) is 0 Å². The molecule has 0 N–H and O–H groups in total. The number of benzene rings is 7. The largest absolute Gasteiger partial charge is 0.311 e. The van der Waals surface area contributed by atoms with E-state index in [1.807, 2.05) is 22.7 Å². The molecule has 0 aliphatic heterocycles. The molecule has 0 amide bonds. The van der Waals surface area contributed by atoms with E-state index in [1.165, 1.54) is 99.5 Å². The van der Waals surface area contributed by atoms with Gasteiger partial charge in [0, 0.05) is 57.4 Å². The van der Waals surface area contributed by atoms with Crippen LogP contribution in [0, 0.1) is 0 Å². The fourth-order valence-corrected chi connectivity index (χ4v) is 10.2. The molecule has 1 aliphatic rings. The van der Waals surface area contributed by atoms with Gasteiger partial charge < -0.3 is 4.90 Å². The second kappa shape index (κ2) is 12.3. The van der Waals surface area contributed by atoms with E-state index in [0.717, 1.165) is 11.4 Å². The molecular weight excluding hydrogens is 643 g/mol. The number of fused-ring (bicyclic) bond motifs is 6. The van der Waals surface area contributed by atoms with E-state index >= 15 is 0 Å². The van der Waals surface area contributed by atoms with Gasteiger partial charge in [0.1, 0.15) is 0 Å². The van der Waals surface area contributed by atoms with Gasteiger partial charge in [0.25, 0.3) is 0 Å². The number of rotatable bonds is 6. The van der Waals surface area contributed by atoms with Gasteiger partial charge in [-0.05, 0) is 119 Å². The summed E-state index contributed by atoms with van der Waals surface area (Å²) in [7, 11) is 0. The molecule has 1 aliphatic carbocycles. The van der Waals surface area contributed by atoms with Gasteiger partial charge in [-0.1, -0.05) is 97.8 Å². The number of hydrogen-bond acceptors (Lipinski definition) is 3. The smallest absolute Gasteiger partial charge is 0.0462 e. The van der Waals surface area contributed by atoms with E-state index in [4.69, 9.17) is 0 Å².